The largest absolute Gasteiger partial charge is 0.513 e. The number of aliphatic hydroxyl groups excluding tert-OH is 1. The van der Waals surface area contributed by atoms with Gasteiger partial charge in [-0.05, 0) is 12.0 Å². The fraction of sp³-hybridized carbons (Fsp3) is 0.200. The van der Waals surface area contributed by atoms with E-state index in [-0.39, 0.29) is 5.76 Å². The third-order valence-electron chi connectivity index (χ3n) is 1.55. The van der Waals surface area contributed by atoms with E-state index in [4.69, 9.17) is 5.11 Å². The van der Waals surface area contributed by atoms with Gasteiger partial charge in [0, 0.05) is 6.42 Å². The molecule has 0 aliphatic heterocycles. The summed E-state index contributed by atoms with van der Waals surface area (Å²) >= 11 is 0. The van der Waals surface area contributed by atoms with Crippen molar-refractivity contribution in [2.24, 2.45) is 0 Å². The maximum atomic E-state index is 8.82. The van der Waals surface area contributed by atoms with Crippen LogP contribution in [0.2, 0.25) is 0 Å². The molecule has 0 aromatic heterocycles. The number of aryl methyl sites for hydroxylation is 1. The van der Waals surface area contributed by atoms with Crippen LogP contribution in [0.5, 0.6) is 0 Å². The Morgan fingerprint density at radius 3 is 2.45 bits per heavy atom. The normalized spacial score (nSPS) is 9.45. The molecule has 0 aliphatic rings. The van der Waals surface area contributed by atoms with E-state index in [1.165, 1.54) is 5.56 Å². The van der Waals surface area contributed by atoms with Gasteiger partial charge in [0.05, 0.1) is 5.76 Å². The van der Waals surface area contributed by atoms with Gasteiger partial charge in [-0.25, -0.2) is 0 Å². The lowest BCUT2D eigenvalue weighted by Crippen LogP contribution is -1.85. The average molecular weight is 148 g/mol. The van der Waals surface area contributed by atoms with Crippen molar-refractivity contribution in [3.63, 3.8) is 0 Å². The van der Waals surface area contributed by atoms with Crippen molar-refractivity contribution in [2.75, 3.05) is 0 Å². The van der Waals surface area contributed by atoms with Crippen LogP contribution in [0.3, 0.4) is 0 Å². The van der Waals surface area contributed by atoms with E-state index < -0.39 is 0 Å². The molecule has 0 bridgehead atoms. The molecule has 0 spiro atoms. The van der Waals surface area contributed by atoms with Gasteiger partial charge < -0.3 is 5.11 Å². The molecule has 1 heteroatoms. The van der Waals surface area contributed by atoms with Crippen LogP contribution in [-0.2, 0) is 6.42 Å². The van der Waals surface area contributed by atoms with Crippen LogP contribution in [0.4, 0.5) is 0 Å². The highest BCUT2D eigenvalue weighted by atomic mass is 16.3. The van der Waals surface area contributed by atoms with E-state index in [1.807, 2.05) is 30.3 Å². The molecule has 0 saturated heterocycles. The van der Waals surface area contributed by atoms with E-state index in [2.05, 4.69) is 6.58 Å². The number of allylic oxidation sites excluding steroid dienone is 1. The zero-order chi connectivity index (χ0) is 8.10. The summed E-state index contributed by atoms with van der Waals surface area (Å²) in [6.07, 6.45) is 1.53. The molecule has 1 aromatic carbocycles. The molecule has 1 nitrogen and oxygen atoms in total. The van der Waals surface area contributed by atoms with Crippen LogP contribution in [-0.4, -0.2) is 5.11 Å². The number of benzene rings is 1. The first-order chi connectivity index (χ1) is 5.29. The molecular formula is C10H12O. The van der Waals surface area contributed by atoms with E-state index in [0.717, 1.165) is 6.42 Å². The molecule has 0 atom stereocenters. The maximum Gasteiger partial charge on any atom is 0.0854 e. The summed E-state index contributed by atoms with van der Waals surface area (Å²) in [4.78, 5) is 0. The number of hydrogen-bond donors (Lipinski definition) is 1. The topological polar surface area (TPSA) is 20.2 Å². The van der Waals surface area contributed by atoms with Crippen molar-refractivity contribution in [1.29, 1.82) is 0 Å². The molecule has 1 rings (SSSR count). The number of aliphatic hydroxyl groups is 1. The van der Waals surface area contributed by atoms with Crippen LogP contribution in [0.15, 0.2) is 42.7 Å². The van der Waals surface area contributed by atoms with Crippen molar-refractivity contribution in [2.45, 2.75) is 12.8 Å². The fourth-order valence-corrected chi connectivity index (χ4v) is 0.933. The SMILES string of the molecule is C=C(O)CCc1ccccc1. The molecule has 0 radical (unpaired) electrons. The van der Waals surface area contributed by atoms with Crippen LogP contribution < -0.4 is 0 Å². The molecule has 1 aromatic rings. The van der Waals surface area contributed by atoms with Crippen LogP contribution in [0, 0.1) is 0 Å². The Morgan fingerprint density at radius 1 is 1.27 bits per heavy atom. The summed E-state index contributed by atoms with van der Waals surface area (Å²) in [6.45, 7) is 3.43. The monoisotopic (exact) mass is 148 g/mol. The molecule has 0 saturated carbocycles. The Labute approximate surface area is 67.0 Å². The predicted molar refractivity (Wildman–Crippen MR) is 46.5 cm³/mol. The minimum atomic E-state index is 0.258. The van der Waals surface area contributed by atoms with Gasteiger partial charge in [0.2, 0.25) is 0 Å². The summed E-state index contributed by atoms with van der Waals surface area (Å²) in [5.74, 6) is 0.258. The predicted octanol–water partition coefficient (Wildman–Crippen LogP) is 2.69. The Morgan fingerprint density at radius 2 is 1.91 bits per heavy atom. The van der Waals surface area contributed by atoms with Gasteiger partial charge in [0.25, 0.3) is 0 Å². The highest BCUT2D eigenvalue weighted by molar-refractivity contribution is 5.15. The second-order valence-electron chi connectivity index (χ2n) is 2.55. The van der Waals surface area contributed by atoms with Crippen molar-refractivity contribution < 1.29 is 5.11 Å². The summed E-state index contributed by atoms with van der Waals surface area (Å²) in [6, 6.07) is 10.1. The van der Waals surface area contributed by atoms with E-state index in [0.29, 0.717) is 6.42 Å². The molecule has 0 aliphatic carbocycles. The fourth-order valence-electron chi connectivity index (χ4n) is 0.933. The molecule has 58 valence electrons. The Balaban J connectivity index is 2.45. The lowest BCUT2D eigenvalue weighted by molar-refractivity contribution is 0.391. The van der Waals surface area contributed by atoms with Crippen LogP contribution in [0.25, 0.3) is 0 Å². The Kier molecular flexibility index (Phi) is 2.73. The van der Waals surface area contributed by atoms with Gasteiger partial charge >= 0.3 is 0 Å². The minimum Gasteiger partial charge on any atom is -0.513 e. The third-order valence-corrected chi connectivity index (χ3v) is 1.55. The summed E-state index contributed by atoms with van der Waals surface area (Å²) < 4.78 is 0. The van der Waals surface area contributed by atoms with Crippen molar-refractivity contribution in [1.82, 2.24) is 0 Å². The van der Waals surface area contributed by atoms with Gasteiger partial charge in [0.15, 0.2) is 0 Å². The van der Waals surface area contributed by atoms with Gasteiger partial charge in [-0.15, -0.1) is 0 Å². The highest BCUT2D eigenvalue weighted by Crippen LogP contribution is 2.04. The molecular weight excluding hydrogens is 136 g/mol. The van der Waals surface area contributed by atoms with Gasteiger partial charge in [0.1, 0.15) is 0 Å². The second kappa shape index (κ2) is 3.81. The van der Waals surface area contributed by atoms with Crippen molar-refractivity contribution in [3.05, 3.63) is 48.2 Å². The lowest BCUT2D eigenvalue weighted by atomic mass is 10.1. The Bertz CT molecular complexity index is 226. The summed E-state index contributed by atoms with van der Waals surface area (Å²) in [5.41, 5.74) is 1.24. The zero-order valence-corrected chi connectivity index (χ0v) is 6.46. The quantitative estimate of drug-likeness (QED) is 0.653. The van der Waals surface area contributed by atoms with Crippen molar-refractivity contribution in [3.8, 4) is 0 Å². The van der Waals surface area contributed by atoms with E-state index in [9.17, 15) is 0 Å². The Hall–Kier alpha value is -1.24. The molecule has 0 fully saturated rings. The van der Waals surface area contributed by atoms with E-state index >= 15 is 0 Å². The zero-order valence-electron chi connectivity index (χ0n) is 6.46. The van der Waals surface area contributed by atoms with Crippen LogP contribution >= 0.6 is 0 Å². The molecule has 0 unspecified atom stereocenters. The minimum absolute atomic E-state index is 0.258. The lowest BCUT2D eigenvalue weighted by Gasteiger charge is -1.98. The van der Waals surface area contributed by atoms with Crippen LogP contribution in [0.1, 0.15) is 12.0 Å². The highest BCUT2D eigenvalue weighted by Gasteiger charge is 1.91. The standard InChI is InChI=1S/C10H12O/c1-9(11)7-8-10-5-3-2-4-6-10/h2-6,11H,1,7-8H2. The first-order valence-electron chi connectivity index (χ1n) is 3.69. The number of rotatable bonds is 3. The van der Waals surface area contributed by atoms with Gasteiger partial charge in [-0.3, -0.25) is 0 Å². The average Bonchev–Trinajstić information content (AvgIpc) is 2.03. The van der Waals surface area contributed by atoms with Gasteiger partial charge in [-0.2, -0.15) is 0 Å². The molecule has 11 heavy (non-hydrogen) atoms. The molecule has 0 heterocycles. The second-order valence-corrected chi connectivity index (χ2v) is 2.55. The first-order valence-corrected chi connectivity index (χ1v) is 3.69. The molecule has 1 N–H and O–H groups in total. The number of hydrogen-bond acceptors (Lipinski definition) is 1. The summed E-state index contributed by atoms with van der Waals surface area (Å²) in [5, 5.41) is 8.82. The first kappa shape index (κ1) is 7.86. The van der Waals surface area contributed by atoms with E-state index in [1.54, 1.807) is 0 Å². The summed E-state index contributed by atoms with van der Waals surface area (Å²) in [7, 11) is 0. The smallest absolute Gasteiger partial charge is 0.0854 e. The molecule has 0 amide bonds. The van der Waals surface area contributed by atoms with Crippen molar-refractivity contribution >= 4 is 0 Å². The third kappa shape index (κ3) is 2.89. The maximum absolute atomic E-state index is 8.82. The van der Waals surface area contributed by atoms with Gasteiger partial charge in [-0.1, -0.05) is 36.9 Å².